The van der Waals surface area contributed by atoms with Crippen molar-refractivity contribution in [2.75, 3.05) is 11.4 Å². The van der Waals surface area contributed by atoms with Crippen LogP contribution in [0.5, 0.6) is 0 Å². The summed E-state index contributed by atoms with van der Waals surface area (Å²) in [5, 5.41) is 9.50. The molecule has 1 aliphatic rings. The lowest BCUT2D eigenvalue weighted by atomic mass is 9.91. The maximum atomic E-state index is 11.6. The first-order chi connectivity index (χ1) is 9.40. The number of anilines is 1. The Labute approximate surface area is 120 Å². The fourth-order valence-electron chi connectivity index (χ4n) is 2.80. The van der Waals surface area contributed by atoms with Crippen LogP contribution in [0.1, 0.15) is 51.0 Å². The van der Waals surface area contributed by atoms with Gasteiger partial charge < -0.3 is 10.0 Å². The number of carboxylic acid groups (broad SMARTS) is 1. The molecule has 1 saturated heterocycles. The Hall–Kier alpha value is -1.65. The molecule has 5 nitrogen and oxygen atoms in total. The van der Waals surface area contributed by atoms with Crippen LogP contribution in [0, 0.1) is 12.8 Å². The number of hydrogen-bond donors (Lipinski definition) is 1. The number of aryl methyl sites for hydroxylation is 1. The van der Waals surface area contributed by atoms with Crippen LogP contribution in [-0.2, 0) is 4.79 Å². The molecule has 0 aliphatic carbocycles. The molecule has 1 aliphatic heterocycles. The van der Waals surface area contributed by atoms with E-state index in [4.69, 9.17) is 0 Å². The molecule has 5 heteroatoms. The standard InChI is InChI=1S/C15H23N3O2/c1-9(2)14-16-11(4)8-12(17-14)18-7-5-6-10(3)13(18)15(19)20/h8-10,13H,5-7H2,1-4H3,(H,19,20). The van der Waals surface area contributed by atoms with E-state index < -0.39 is 12.0 Å². The van der Waals surface area contributed by atoms with Gasteiger partial charge in [-0.2, -0.15) is 0 Å². The minimum Gasteiger partial charge on any atom is -0.480 e. The van der Waals surface area contributed by atoms with Crippen molar-refractivity contribution in [1.82, 2.24) is 9.97 Å². The molecule has 0 amide bonds. The van der Waals surface area contributed by atoms with Gasteiger partial charge >= 0.3 is 5.97 Å². The zero-order valence-corrected chi connectivity index (χ0v) is 12.6. The third-order valence-electron chi connectivity index (χ3n) is 3.85. The molecule has 2 unspecified atom stereocenters. The number of carbonyl (C=O) groups is 1. The van der Waals surface area contributed by atoms with Crippen LogP contribution in [0.2, 0.25) is 0 Å². The fraction of sp³-hybridized carbons (Fsp3) is 0.667. The Kier molecular flexibility index (Phi) is 4.26. The first-order valence-corrected chi connectivity index (χ1v) is 7.25. The minimum atomic E-state index is -0.764. The molecule has 110 valence electrons. The summed E-state index contributed by atoms with van der Waals surface area (Å²) in [5.74, 6) is 1.14. The molecular formula is C15H23N3O2. The highest BCUT2D eigenvalue weighted by Gasteiger charge is 2.35. The van der Waals surface area contributed by atoms with Crippen LogP contribution in [0.15, 0.2) is 6.07 Å². The van der Waals surface area contributed by atoms with E-state index in [-0.39, 0.29) is 11.8 Å². The van der Waals surface area contributed by atoms with Gasteiger partial charge in [0.25, 0.3) is 0 Å². The van der Waals surface area contributed by atoms with Gasteiger partial charge in [0.15, 0.2) is 0 Å². The second-order valence-corrected chi connectivity index (χ2v) is 5.98. The Balaban J connectivity index is 2.40. The van der Waals surface area contributed by atoms with E-state index in [0.717, 1.165) is 36.7 Å². The van der Waals surface area contributed by atoms with Crippen LogP contribution < -0.4 is 4.90 Å². The van der Waals surface area contributed by atoms with Crippen LogP contribution in [0.25, 0.3) is 0 Å². The Morgan fingerprint density at radius 1 is 1.45 bits per heavy atom. The van der Waals surface area contributed by atoms with Gasteiger partial charge in [0, 0.05) is 24.2 Å². The monoisotopic (exact) mass is 277 g/mol. The topological polar surface area (TPSA) is 66.3 Å². The van der Waals surface area contributed by atoms with Crippen molar-refractivity contribution in [3.05, 3.63) is 17.6 Å². The van der Waals surface area contributed by atoms with E-state index in [2.05, 4.69) is 9.97 Å². The molecule has 0 bridgehead atoms. The first-order valence-electron chi connectivity index (χ1n) is 7.25. The highest BCUT2D eigenvalue weighted by molar-refractivity contribution is 5.78. The molecule has 1 aromatic heterocycles. The second kappa shape index (κ2) is 5.77. The van der Waals surface area contributed by atoms with E-state index >= 15 is 0 Å². The minimum absolute atomic E-state index is 0.138. The average Bonchev–Trinajstić information content (AvgIpc) is 2.37. The predicted molar refractivity (Wildman–Crippen MR) is 78.0 cm³/mol. The quantitative estimate of drug-likeness (QED) is 0.920. The Morgan fingerprint density at radius 3 is 2.75 bits per heavy atom. The van der Waals surface area contributed by atoms with E-state index in [0.29, 0.717) is 0 Å². The summed E-state index contributed by atoms with van der Waals surface area (Å²) >= 11 is 0. The maximum Gasteiger partial charge on any atom is 0.326 e. The average molecular weight is 277 g/mol. The van der Waals surface area contributed by atoms with E-state index in [9.17, 15) is 9.90 Å². The number of aromatic nitrogens is 2. The van der Waals surface area contributed by atoms with Gasteiger partial charge in [-0.25, -0.2) is 14.8 Å². The molecule has 20 heavy (non-hydrogen) atoms. The van der Waals surface area contributed by atoms with Gasteiger partial charge in [-0.1, -0.05) is 20.8 Å². The van der Waals surface area contributed by atoms with Crippen molar-refractivity contribution in [2.45, 2.75) is 52.5 Å². The Morgan fingerprint density at radius 2 is 2.15 bits per heavy atom. The number of rotatable bonds is 3. The van der Waals surface area contributed by atoms with Crippen LogP contribution in [0.4, 0.5) is 5.82 Å². The van der Waals surface area contributed by atoms with Crippen molar-refractivity contribution in [3.63, 3.8) is 0 Å². The van der Waals surface area contributed by atoms with Gasteiger partial charge in [-0.3, -0.25) is 0 Å². The van der Waals surface area contributed by atoms with Crippen molar-refractivity contribution < 1.29 is 9.90 Å². The second-order valence-electron chi connectivity index (χ2n) is 5.98. The van der Waals surface area contributed by atoms with Crippen molar-refractivity contribution in [3.8, 4) is 0 Å². The number of aliphatic carboxylic acids is 1. The Bertz CT molecular complexity index is 502. The number of hydrogen-bond acceptors (Lipinski definition) is 4. The van der Waals surface area contributed by atoms with Crippen molar-refractivity contribution in [1.29, 1.82) is 0 Å². The fourth-order valence-corrected chi connectivity index (χ4v) is 2.80. The third-order valence-corrected chi connectivity index (χ3v) is 3.85. The van der Waals surface area contributed by atoms with Crippen LogP contribution in [0.3, 0.4) is 0 Å². The lowest BCUT2D eigenvalue weighted by Crippen LogP contribution is -2.49. The summed E-state index contributed by atoms with van der Waals surface area (Å²) in [6.07, 6.45) is 1.96. The first kappa shape index (κ1) is 14.8. The molecule has 1 fully saturated rings. The molecule has 1 aromatic rings. The maximum absolute atomic E-state index is 11.6. The number of piperidine rings is 1. The SMILES string of the molecule is Cc1cc(N2CCCC(C)C2C(=O)O)nc(C(C)C)n1. The van der Waals surface area contributed by atoms with Gasteiger partial charge in [-0.05, 0) is 25.7 Å². The molecule has 0 spiro atoms. The zero-order valence-electron chi connectivity index (χ0n) is 12.6. The smallest absolute Gasteiger partial charge is 0.326 e. The van der Waals surface area contributed by atoms with Crippen LogP contribution in [-0.4, -0.2) is 33.6 Å². The molecule has 0 saturated carbocycles. The molecular weight excluding hydrogens is 254 g/mol. The zero-order chi connectivity index (χ0) is 14.9. The van der Waals surface area contributed by atoms with Gasteiger partial charge in [0.05, 0.1) is 0 Å². The summed E-state index contributed by atoms with van der Waals surface area (Å²) in [7, 11) is 0. The summed E-state index contributed by atoms with van der Waals surface area (Å²) in [6, 6.07) is 1.40. The third kappa shape index (κ3) is 2.92. The number of nitrogens with zero attached hydrogens (tertiary/aromatic N) is 3. The lowest BCUT2D eigenvalue weighted by Gasteiger charge is -2.38. The molecule has 0 radical (unpaired) electrons. The molecule has 2 rings (SSSR count). The van der Waals surface area contributed by atoms with E-state index in [1.54, 1.807) is 0 Å². The molecule has 0 aromatic carbocycles. The van der Waals surface area contributed by atoms with E-state index in [1.165, 1.54) is 0 Å². The van der Waals surface area contributed by atoms with E-state index in [1.807, 2.05) is 38.7 Å². The van der Waals surface area contributed by atoms with Crippen molar-refractivity contribution in [2.24, 2.45) is 5.92 Å². The normalized spacial score (nSPS) is 23.1. The lowest BCUT2D eigenvalue weighted by molar-refractivity contribution is -0.140. The summed E-state index contributed by atoms with van der Waals surface area (Å²) < 4.78 is 0. The summed E-state index contributed by atoms with van der Waals surface area (Å²) in [4.78, 5) is 22.5. The highest BCUT2D eigenvalue weighted by atomic mass is 16.4. The van der Waals surface area contributed by atoms with Crippen molar-refractivity contribution >= 4 is 11.8 Å². The van der Waals surface area contributed by atoms with Crippen LogP contribution >= 0.6 is 0 Å². The van der Waals surface area contributed by atoms with Gasteiger partial charge in [-0.15, -0.1) is 0 Å². The van der Waals surface area contributed by atoms with Gasteiger partial charge in [0.1, 0.15) is 17.7 Å². The summed E-state index contributed by atoms with van der Waals surface area (Å²) in [5.41, 5.74) is 0.890. The summed E-state index contributed by atoms with van der Waals surface area (Å²) in [6.45, 7) is 8.77. The molecule has 2 heterocycles. The molecule has 1 N–H and O–H groups in total. The predicted octanol–water partition coefficient (Wildman–Crippen LogP) is 2.60. The highest BCUT2D eigenvalue weighted by Crippen LogP contribution is 2.28. The number of carboxylic acids is 1. The largest absolute Gasteiger partial charge is 0.480 e. The van der Waals surface area contributed by atoms with Gasteiger partial charge in [0.2, 0.25) is 0 Å². The molecule has 2 atom stereocenters.